The molecule has 3 aromatic rings. The number of alkyl halides is 3. The highest BCUT2D eigenvalue weighted by atomic mass is 32.1. The van der Waals surface area contributed by atoms with Crippen molar-refractivity contribution in [3.63, 3.8) is 0 Å². The van der Waals surface area contributed by atoms with Gasteiger partial charge < -0.3 is 20.3 Å². The third-order valence-corrected chi connectivity index (χ3v) is 5.59. The second-order valence-corrected chi connectivity index (χ2v) is 7.84. The molecule has 0 spiro atoms. The summed E-state index contributed by atoms with van der Waals surface area (Å²) in [7, 11) is 0. The lowest BCUT2D eigenvalue weighted by atomic mass is 10.1. The maximum absolute atomic E-state index is 13.6. The topological polar surface area (TPSA) is 77.6 Å². The second-order valence-electron chi connectivity index (χ2n) is 6.78. The zero-order chi connectivity index (χ0) is 22.3. The Labute approximate surface area is 182 Å². The molecule has 0 saturated carbocycles. The molecule has 0 aliphatic carbocycles. The van der Waals surface area contributed by atoms with Gasteiger partial charge in [0.05, 0.1) is 36.3 Å². The SMILES string of the molecule is NC(CO)c1ncc(-c2ccc(OCCCCOc3ccccc3)c(C(F)(F)F)c2)s1. The first-order chi connectivity index (χ1) is 14.9. The Kier molecular flexibility index (Phi) is 7.89. The summed E-state index contributed by atoms with van der Waals surface area (Å²) in [5.41, 5.74) is 5.25. The number of nitrogens with two attached hydrogens (primary N) is 1. The Morgan fingerprint density at radius 1 is 1.03 bits per heavy atom. The number of aliphatic hydroxyl groups excluding tert-OH is 1. The van der Waals surface area contributed by atoms with Gasteiger partial charge in [0, 0.05) is 6.20 Å². The Morgan fingerprint density at radius 2 is 1.74 bits per heavy atom. The van der Waals surface area contributed by atoms with Crippen molar-refractivity contribution in [1.29, 1.82) is 0 Å². The van der Waals surface area contributed by atoms with E-state index in [1.165, 1.54) is 12.3 Å². The van der Waals surface area contributed by atoms with Gasteiger partial charge in [0.15, 0.2) is 0 Å². The smallest absolute Gasteiger partial charge is 0.419 e. The minimum Gasteiger partial charge on any atom is -0.494 e. The maximum Gasteiger partial charge on any atom is 0.419 e. The highest BCUT2D eigenvalue weighted by Crippen LogP contribution is 2.40. The summed E-state index contributed by atoms with van der Waals surface area (Å²) in [6.45, 7) is 0.322. The van der Waals surface area contributed by atoms with Crippen LogP contribution in [0.5, 0.6) is 11.5 Å². The molecule has 9 heteroatoms. The molecule has 0 aliphatic rings. The average Bonchev–Trinajstić information content (AvgIpc) is 3.26. The minimum absolute atomic E-state index is 0.149. The van der Waals surface area contributed by atoms with Crippen LogP contribution in [0.3, 0.4) is 0 Å². The van der Waals surface area contributed by atoms with Gasteiger partial charge in [-0.05, 0) is 48.7 Å². The van der Waals surface area contributed by atoms with E-state index in [2.05, 4.69) is 4.98 Å². The van der Waals surface area contributed by atoms with Crippen molar-refractivity contribution in [2.45, 2.75) is 25.1 Å². The molecule has 0 bridgehead atoms. The average molecular weight is 452 g/mol. The molecule has 0 amide bonds. The van der Waals surface area contributed by atoms with Crippen LogP contribution in [0, 0.1) is 0 Å². The largest absolute Gasteiger partial charge is 0.494 e. The van der Waals surface area contributed by atoms with E-state index in [0.29, 0.717) is 34.9 Å². The van der Waals surface area contributed by atoms with E-state index >= 15 is 0 Å². The van der Waals surface area contributed by atoms with Gasteiger partial charge >= 0.3 is 6.18 Å². The van der Waals surface area contributed by atoms with Crippen LogP contribution in [0.2, 0.25) is 0 Å². The zero-order valence-corrected chi connectivity index (χ0v) is 17.5. The molecule has 1 aromatic heterocycles. The molecule has 31 heavy (non-hydrogen) atoms. The molecule has 3 rings (SSSR count). The predicted molar refractivity (Wildman–Crippen MR) is 113 cm³/mol. The molecule has 1 atom stereocenters. The molecule has 166 valence electrons. The molecule has 5 nitrogen and oxygen atoms in total. The summed E-state index contributed by atoms with van der Waals surface area (Å²) >= 11 is 1.15. The molecule has 2 aromatic carbocycles. The van der Waals surface area contributed by atoms with Gasteiger partial charge in [0.25, 0.3) is 0 Å². The van der Waals surface area contributed by atoms with Crippen LogP contribution in [0.25, 0.3) is 10.4 Å². The number of rotatable bonds is 10. The van der Waals surface area contributed by atoms with Crippen LogP contribution < -0.4 is 15.2 Å². The fraction of sp³-hybridized carbons (Fsp3) is 0.318. The van der Waals surface area contributed by atoms with Crippen molar-refractivity contribution in [2.24, 2.45) is 5.73 Å². The van der Waals surface area contributed by atoms with Crippen molar-refractivity contribution in [2.75, 3.05) is 19.8 Å². The number of thiazole rings is 1. The van der Waals surface area contributed by atoms with Gasteiger partial charge in [-0.15, -0.1) is 11.3 Å². The van der Waals surface area contributed by atoms with Crippen LogP contribution in [-0.4, -0.2) is 29.9 Å². The van der Waals surface area contributed by atoms with Crippen molar-refractivity contribution in [3.8, 4) is 21.9 Å². The normalized spacial score (nSPS) is 12.5. The number of aliphatic hydroxyl groups is 1. The standard InChI is InChI=1S/C22H23F3N2O3S/c23-22(24,25)17-12-15(20-13-27-21(31-20)18(26)14-28)8-9-19(17)30-11-5-4-10-29-16-6-2-1-3-7-16/h1-3,6-9,12-13,18,28H,4-5,10-11,14,26H2. The molecule has 0 saturated heterocycles. The number of aromatic nitrogens is 1. The lowest BCUT2D eigenvalue weighted by Gasteiger charge is -2.15. The van der Waals surface area contributed by atoms with Crippen molar-refractivity contribution in [1.82, 2.24) is 4.98 Å². The zero-order valence-electron chi connectivity index (χ0n) is 16.6. The molecule has 0 fully saturated rings. The lowest BCUT2D eigenvalue weighted by Crippen LogP contribution is -2.13. The van der Waals surface area contributed by atoms with Crippen molar-refractivity contribution < 1.29 is 27.8 Å². The van der Waals surface area contributed by atoms with Gasteiger partial charge in [-0.3, -0.25) is 0 Å². The summed E-state index contributed by atoms with van der Waals surface area (Å²) in [4.78, 5) is 4.62. The molecule has 3 N–H and O–H groups in total. The second kappa shape index (κ2) is 10.6. The van der Waals surface area contributed by atoms with E-state index in [0.717, 1.165) is 23.2 Å². The van der Waals surface area contributed by atoms with Gasteiger partial charge in [-0.2, -0.15) is 13.2 Å². The molecule has 0 radical (unpaired) electrons. The molecule has 1 unspecified atom stereocenters. The number of para-hydroxylation sites is 1. The number of unbranched alkanes of at least 4 members (excludes halogenated alkanes) is 1. The fourth-order valence-electron chi connectivity index (χ4n) is 2.79. The number of ether oxygens (including phenoxy) is 2. The maximum atomic E-state index is 13.6. The van der Waals surface area contributed by atoms with Crippen LogP contribution in [0.15, 0.2) is 54.7 Å². The summed E-state index contributed by atoms with van der Waals surface area (Å²) in [6.07, 6.45) is -1.89. The van der Waals surface area contributed by atoms with Crippen LogP contribution in [-0.2, 0) is 6.18 Å². The Morgan fingerprint density at radius 3 is 2.42 bits per heavy atom. The number of hydrogen-bond acceptors (Lipinski definition) is 6. The summed E-state index contributed by atoms with van der Waals surface area (Å²) in [5, 5.41) is 9.58. The lowest BCUT2D eigenvalue weighted by molar-refractivity contribution is -0.138. The number of halogens is 3. The minimum atomic E-state index is -4.56. The van der Waals surface area contributed by atoms with E-state index in [1.807, 2.05) is 30.3 Å². The summed E-state index contributed by atoms with van der Waals surface area (Å²) < 4.78 is 51.7. The number of benzene rings is 2. The molecule has 1 heterocycles. The summed E-state index contributed by atoms with van der Waals surface area (Å²) in [5.74, 6) is 0.543. The Bertz CT molecular complexity index is 964. The van der Waals surface area contributed by atoms with E-state index in [4.69, 9.17) is 20.3 Å². The van der Waals surface area contributed by atoms with Gasteiger partial charge in [0.2, 0.25) is 0 Å². The molecule has 0 aliphatic heterocycles. The molecular formula is C22H23F3N2O3S. The third kappa shape index (κ3) is 6.43. The van der Waals surface area contributed by atoms with Crippen molar-refractivity contribution in [3.05, 3.63) is 65.3 Å². The van der Waals surface area contributed by atoms with Gasteiger partial charge in [0.1, 0.15) is 16.5 Å². The van der Waals surface area contributed by atoms with Crippen LogP contribution in [0.4, 0.5) is 13.2 Å². The third-order valence-electron chi connectivity index (χ3n) is 4.42. The van der Waals surface area contributed by atoms with Crippen molar-refractivity contribution >= 4 is 11.3 Å². The first kappa shape index (κ1) is 23.1. The summed E-state index contributed by atoms with van der Waals surface area (Å²) in [6, 6.07) is 12.6. The monoisotopic (exact) mass is 452 g/mol. The quantitative estimate of drug-likeness (QED) is 0.421. The highest BCUT2D eigenvalue weighted by molar-refractivity contribution is 7.15. The van der Waals surface area contributed by atoms with E-state index < -0.39 is 17.8 Å². The number of hydrogen-bond donors (Lipinski definition) is 2. The van der Waals surface area contributed by atoms with E-state index in [-0.39, 0.29) is 19.0 Å². The van der Waals surface area contributed by atoms with E-state index in [9.17, 15) is 13.2 Å². The number of nitrogens with zero attached hydrogens (tertiary/aromatic N) is 1. The predicted octanol–water partition coefficient (Wildman–Crippen LogP) is 5.06. The first-order valence-corrected chi connectivity index (χ1v) is 10.5. The van der Waals surface area contributed by atoms with Gasteiger partial charge in [-0.1, -0.05) is 18.2 Å². The first-order valence-electron chi connectivity index (χ1n) is 9.73. The van der Waals surface area contributed by atoms with Crippen LogP contribution in [0.1, 0.15) is 29.5 Å². The highest BCUT2D eigenvalue weighted by Gasteiger charge is 2.35. The fourth-order valence-corrected chi connectivity index (χ4v) is 3.70. The molecular weight excluding hydrogens is 429 g/mol. The van der Waals surface area contributed by atoms with Crippen LogP contribution >= 0.6 is 11.3 Å². The van der Waals surface area contributed by atoms with E-state index in [1.54, 1.807) is 6.07 Å². The Hall–Kier alpha value is -2.62. The van der Waals surface area contributed by atoms with Gasteiger partial charge in [-0.25, -0.2) is 4.98 Å². The Balaban J connectivity index is 1.60.